The lowest BCUT2D eigenvalue weighted by Gasteiger charge is -2.12. The van der Waals surface area contributed by atoms with Crippen LogP contribution >= 0.6 is 0 Å². The predicted octanol–water partition coefficient (Wildman–Crippen LogP) is 2.45. The maximum atomic E-state index is 12.5. The first-order chi connectivity index (χ1) is 9.55. The summed E-state index contributed by atoms with van der Waals surface area (Å²) in [5, 5.41) is 9.26. The molecular formula is C16H25NO3S. The normalized spacial score (nSPS) is 20.5. The second kappa shape index (κ2) is 5.07. The SMILES string of the molecule is Cc1c(CO)cccc1S(=O)(=O)NCC1C(C)(C)C1(C)C. The summed E-state index contributed by atoms with van der Waals surface area (Å²) in [4.78, 5) is 0.255. The summed E-state index contributed by atoms with van der Waals surface area (Å²) in [5.41, 5.74) is 1.56. The molecule has 0 heterocycles. The van der Waals surface area contributed by atoms with E-state index in [9.17, 15) is 13.5 Å². The van der Waals surface area contributed by atoms with Gasteiger partial charge in [-0.3, -0.25) is 0 Å². The fourth-order valence-corrected chi connectivity index (χ4v) is 4.57. The van der Waals surface area contributed by atoms with Crippen LogP contribution in [-0.2, 0) is 16.6 Å². The first-order valence-corrected chi connectivity index (χ1v) is 8.73. The van der Waals surface area contributed by atoms with Crippen LogP contribution in [0.5, 0.6) is 0 Å². The van der Waals surface area contributed by atoms with Crippen LogP contribution in [0.25, 0.3) is 0 Å². The standard InChI is InChI=1S/C16H25NO3S/c1-11-12(10-18)7-6-8-13(11)21(19,20)17-9-14-15(2,3)16(14,4)5/h6-8,14,17-18H,9-10H2,1-5H3. The third-order valence-corrected chi connectivity index (χ3v) is 7.22. The van der Waals surface area contributed by atoms with Gasteiger partial charge in [0, 0.05) is 6.54 Å². The van der Waals surface area contributed by atoms with Gasteiger partial charge in [0.2, 0.25) is 10.0 Å². The molecule has 1 aliphatic rings. The van der Waals surface area contributed by atoms with Crippen LogP contribution in [0.2, 0.25) is 0 Å². The van der Waals surface area contributed by atoms with Gasteiger partial charge in [0.15, 0.2) is 0 Å². The molecule has 1 aliphatic carbocycles. The van der Waals surface area contributed by atoms with E-state index < -0.39 is 10.0 Å². The highest BCUT2D eigenvalue weighted by atomic mass is 32.2. The molecule has 2 N–H and O–H groups in total. The highest BCUT2D eigenvalue weighted by Crippen LogP contribution is 2.67. The average molecular weight is 311 g/mol. The number of aliphatic hydroxyl groups excluding tert-OH is 1. The summed E-state index contributed by atoms with van der Waals surface area (Å²) < 4.78 is 27.7. The maximum Gasteiger partial charge on any atom is 0.240 e. The molecule has 0 radical (unpaired) electrons. The van der Waals surface area contributed by atoms with Crippen molar-refractivity contribution in [2.24, 2.45) is 16.7 Å². The Hall–Kier alpha value is -0.910. The van der Waals surface area contributed by atoms with Crippen LogP contribution in [0.4, 0.5) is 0 Å². The number of hydrogen-bond donors (Lipinski definition) is 2. The second-order valence-corrected chi connectivity index (χ2v) is 8.78. The van der Waals surface area contributed by atoms with E-state index in [2.05, 4.69) is 32.4 Å². The maximum absolute atomic E-state index is 12.5. The van der Waals surface area contributed by atoms with Gasteiger partial charge in [0.05, 0.1) is 11.5 Å². The van der Waals surface area contributed by atoms with E-state index in [1.165, 1.54) is 0 Å². The van der Waals surface area contributed by atoms with Gasteiger partial charge in [0.1, 0.15) is 0 Å². The Morgan fingerprint density at radius 3 is 2.24 bits per heavy atom. The van der Waals surface area contributed by atoms with Crippen molar-refractivity contribution in [1.82, 2.24) is 4.72 Å². The number of rotatable bonds is 5. The molecule has 5 heteroatoms. The summed E-state index contributed by atoms with van der Waals surface area (Å²) in [5.74, 6) is 0.334. The van der Waals surface area contributed by atoms with E-state index in [0.717, 1.165) is 0 Å². The third-order valence-electron chi connectivity index (χ3n) is 5.65. The van der Waals surface area contributed by atoms with E-state index in [1.54, 1.807) is 25.1 Å². The zero-order valence-electron chi connectivity index (χ0n) is 13.4. The first kappa shape index (κ1) is 16.5. The molecule has 0 saturated heterocycles. The van der Waals surface area contributed by atoms with Gasteiger partial charge in [-0.1, -0.05) is 39.8 Å². The zero-order chi connectivity index (χ0) is 16.1. The summed E-state index contributed by atoms with van der Waals surface area (Å²) in [7, 11) is -3.54. The molecule has 0 aliphatic heterocycles. The first-order valence-electron chi connectivity index (χ1n) is 7.24. The van der Waals surface area contributed by atoms with E-state index >= 15 is 0 Å². The van der Waals surface area contributed by atoms with E-state index in [0.29, 0.717) is 23.6 Å². The lowest BCUT2D eigenvalue weighted by atomic mass is 10.0. The lowest BCUT2D eigenvalue weighted by Crippen LogP contribution is -2.28. The third kappa shape index (κ3) is 2.62. The number of hydrogen-bond acceptors (Lipinski definition) is 3. The fourth-order valence-electron chi connectivity index (χ4n) is 3.24. The minimum atomic E-state index is -3.54. The topological polar surface area (TPSA) is 66.4 Å². The van der Waals surface area contributed by atoms with Crippen LogP contribution in [0.15, 0.2) is 23.1 Å². The minimum Gasteiger partial charge on any atom is -0.392 e. The smallest absolute Gasteiger partial charge is 0.240 e. The van der Waals surface area contributed by atoms with Crippen LogP contribution in [0.1, 0.15) is 38.8 Å². The van der Waals surface area contributed by atoms with Crippen LogP contribution < -0.4 is 4.72 Å². The van der Waals surface area contributed by atoms with E-state index in [-0.39, 0.29) is 22.3 Å². The van der Waals surface area contributed by atoms with E-state index in [4.69, 9.17) is 0 Å². The van der Waals surface area contributed by atoms with Gasteiger partial charge < -0.3 is 5.11 Å². The molecule has 0 aromatic heterocycles. The molecule has 0 unspecified atom stereocenters. The molecular weight excluding hydrogens is 286 g/mol. The Labute approximate surface area is 127 Å². The summed E-state index contributed by atoms with van der Waals surface area (Å²) >= 11 is 0. The van der Waals surface area contributed by atoms with Gasteiger partial charge in [-0.25, -0.2) is 13.1 Å². The van der Waals surface area contributed by atoms with Crippen LogP contribution in [-0.4, -0.2) is 20.1 Å². The van der Waals surface area contributed by atoms with Crippen molar-refractivity contribution >= 4 is 10.0 Å². The Balaban J connectivity index is 2.18. The molecule has 21 heavy (non-hydrogen) atoms. The van der Waals surface area contributed by atoms with Crippen molar-refractivity contribution in [2.45, 2.75) is 46.1 Å². The highest BCUT2D eigenvalue weighted by Gasteiger charge is 2.64. The largest absolute Gasteiger partial charge is 0.392 e. The summed E-state index contributed by atoms with van der Waals surface area (Å²) in [6, 6.07) is 4.99. The van der Waals surface area contributed by atoms with E-state index in [1.807, 2.05) is 0 Å². The van der Waals surface area contributed by atoms with Gasteiger partial charge in [-0.2, -0.15) is 0 Å². The molecule has 1 aromatic carbocycles. The molecule has 0 amide bonds. The molecule has 2 rings (SSSR count). The van der Waals surface area contributed by atoms with Gasteiger partial charge >= 0.3 is 0 Å². The Morgan fingerprint density at radius 1 is 1.19 bits per heavy atom. The van der Waals surface area contributed by atoms with Gasteiger partial charge in [-0.05, 0) is 40.9 Å². The quantitative estimate of drug-likeness (QED) is 0.878. The van der Waals surface area contributed by atoms with Crippen molar-refractivity contribution in [1.29, 1.82) is 0 Å². The minimum absolute atomic E-state index is 0.150. The van der Waals surface area contributed by atoms with Gasteiger partial charge in [-0.15, -0.1) is 0 Å². The fraction of sp³-hybridized carbons (Fsp3) is 0.625. The van der Waals surface area contributed by atoms with Crippen LogP contribution in [0.3, 0.4) is 0 Å². The van der Waals surface area contributed by atoms with Crippen molar-refractivity contribution < 1.29 is 13.5 Å². The number of aliphatic hydroxyl groups is 1. The number of nitrogens with one attached hydrogen (secondary N) is 1. The summed E-state index contributed by atoms with van der Waals surface area (Å²) in [6.45, 7) is 10.7. The van der Waals surface area contributed by atoms with Crippen LogP contribution in [0, 0.1) is 23.7 Å². The second-order valence-electron chi connectivity index (χ2n) is 7.05. The molecule has 1 aromatic rings. The molecule has 1 saturated carbocycles. The Morgan fingerprint density at radius 2 is 1.76 bits per heavy atom. The molecule has 1 fully saturated rings. The Kier molecular flexibility index (Phi) is 3.98. The molecule has 0 spiro atoms. The lowest BCUT2D eigenvalue weighted by molar-refractivity contribution is 0.280. The number of sulfonamides is 1. The van der Waals surface area contributed by atoms with Gasteiger partial charge in [0.25, 0.3) is 0 Å². The zero-order valence-corrected chi connectivity index (χ0v) is 14.2. The Bertz CT molecular complexity index is 633. The summed E-state index contributed by atoms with van der Waals surface area (Å²) in [6.07, 6.45) is 0. The monoisotopic (exact) mass is 311 g/mol. The van der Waals surface area contributed by atoms with Crippen molar-refractivity contribution in [3.63, 3.8) is 0 Å². The molecule has 118 valence electrons. The molecule has 0 atom stereocenters. The highest BCUT2D eigenvalue weighted by molar-refractivity contribution is 7.89. The number of benzene rings is 1. The predicted molar refractivity (Wildman–Crippen MR) is 83.3 cm³/mol. The average Bonchev–Trinajstić information content (AvgIpc) is 2.77. The van der Waals surface area contributed by atoms with Crippen molar-refractivity contribution in [3.05, 3.63) is 29.3 Å². The molecule has 0 bridgehead atoms. The van der Waals surface area contributed by atoms with Crippen molar-refractivity contribution in [2.75, 3.05) is 6.54 Å². The molecule has 4 nitrogen and oxygen atoms in total. The van der Waals surface area contributed by atoms with Crippen molar-refractivity contribution in [3.8, 4) is 0 Å².